The van der Waals surface area contributed by atoms with E-state index in [9.17, 15) is 4.79 Å². The molecule has 2 fully saturated rings. The van der Waals surface area contributed by atoms with E-state index in [1.807, 2.05) is 11.9 Å². The Morgan fingerprint density at radius 1 is 1.14 bits per heavy atom. The zero-order chi connectivity index (χ0) is 19.2. The van der Waals surface area contributed by atoms with Crippen LogP contribution in [0.2, 0.25) is 0 Å². The summed E-state index contributed by atoms with van der Waals surface area (Å²) < 4.78 is 0. The third-order valence-electron chi connectivity index (χ3n) is 5.83. The van der Waals surface area contributed by atoms with E-state index < -0.39 is 0 Å². The smallest absolute Gasteiger partial charge is 0.239 e. The molecule has 3 heterocycles. The Kier molecular flexibility index (Phi) is 9.49. The summed E-state index contributed by atoms with van der Waals surface area (Å²) >= 11 is 1.75. The van der Waals surface area contributed by atoms with Gasteiger partial charge >= 0.3 is 0 Å². The number of piperazine rings is 1. The SMILES string of the molecule is CN=C(NCC(C)c1ccsc1)N1CCN(C(C)C(=O)N2CCCC2)CC1.I. The van der Waals surface area contributed by atoms with E-state index in [1.165, 1.54) is 5.56 Å². The number of carbonyl (C=O) groups excluding carboxylic acids is 1. The summed E-state index contributed by atoms with van der Waals surface area (Å²) in [5.74, 6) is 1.73. The van der Waals surface area contributed by atoms with Crippen LogP contribution in [0.15, 0.2) is 21.8 Å². The van der Waals surface area contributed by atoms with Crippen molar-refractivity contribution >= 4 is 47.2 Å². The van der Waals surface area contributed by atoms with Crippen LogP contribution in [-0.4, -0.2) is 85.5 Å². The minimum absolute atomic E-state index is 0. The fourth-order valence-electron chi connectivity index (χ4n) is 3.93. The summed E-state index contributed by atoms with van der Waals surface area (Å²) in [6.45, 7) is 10.7. The van der Waals surface area contributed by atoms with Gasteiger partial charge in [0.1, 0.15) is 0 Å². The van der Waals surface area contributed by atoms with Gasteiger partial charge in [-0.05, 0) is 48.1 Å². The Hall–Kier alpha value is -0.870. The number of carbonyl (C=O) groups is 1. The number of likely N-dealkylation sites (tertiary alicyclic amines) is 1. The summed E-state index contributed by atoms with van der Waals surface area (Å²) in [6, 6.07) is 2.18. The molecule has 8 heteroatoms. The number of guanidine groups is 1. The van der Waals surface area contributed by atoms with E-state index in [1.54, 1.807) is 11.3 Å². The predicted octanol–water partition coefficient (Wildman–Crippen LogP) is 2.67. The van der Waals surface area contributed by atoms with Crippen LogP contribution in [-0.2, 0) is 4.79 Å². The highest BCUT2D eigenvalue weighted by Gasteiger charge is 2.30. The number of halogens is 1. The van der Waals surface area contributed by atoms with Crippen molar-refractivity contribution in [2.45, 2.75) is 38.6 Å². The van der Waals surface area contributed by atoms with Crippen molar-refractivity contribution in [2.75, 3.05) is 52.9 Å². The molecule has 2 aliphatic rings. The van der Waals surface area contributed by atoms with E-state index in [2.05, 4.69) is 50.8 Å². The van der Waals surface area contributed by atoms with E-state index in [0.717, 1.165) is 64.6 Å². The lowest BCUT2D eigenvalue weighted by atomic mass is 10.1. The summed E-state index contributed by atoms with van der Waals surface area (Å²) in [5, 5.41) is 7.87. The molecule has 2 unspecified atom stereocenters. The Bertz CT molecular complexity index is 625. The average Bonchev–Trinajstić information content (AvgIpc) is 3.41. The number of hydrogen-bond donors (Lipinski definition) is 1. The number of amides is 1. The Morgan fingerprint density at radius 2 is 1.82 bits per heavy atom. The van der Waals surface area contributed by atoms with Crippen LogP contribution in [0.5, 0.6) is 0 Å². The van der Waals surface area contributed by atoms with E-state index in [4.69, 9.17) is 0 Å². The zero-order valence-electron chi connectivity index (χ0n) is 17.3. The molecule has 158 valence electrons. The Labute approximate surface area is 190 Å². The molecule has 0 saturated carbocycles. The molecule has 0 spiro atoms. The van der Waals surface area contributed by atoms with Gasteiger partial charge in [-0.3, -0.25) is 14.7 Å². The maximum atomic E-state index is 12.6. The molecular weight excluding hydrogens is 485 g/mol. The fourth-order valence-corrected chi connectivity index (χ4v) is 4.71. The maximum absolute atomic E-state index is 12.6. The third kappa shape index (κ3) is 5.82. The van der Waals surface area contributed by atoms with Gasteiger partial charge in [0, 0.05) is 52.9 Å². The van der Waals surface area contributed by atoms with Gasteiger partial charge in [-0.25, -0.2) is 0 Å². The molecule has 0 radical (unpaired) electrons. The van der Waals surface area contributed by atoms with Crippen LogP contribution >= 0.6 is 35.3 Å². The van der Waals surface area contributed by atoms with Gasteiger partial charge in [-0.2, -0.15) is 11.3 Å². The highest BCUT2D eigenvalue weighted by molar-refractivity contribution is 14.0. The summed E-state index contributed by atoms with van der Waals surface area (Å²) in [4.78, 5) is 23.8. The van der Waals surface area contributed by atoms with Gasteiger partial charge in [0.05, 0.1) is 6.04 Å². The lowest BCUT2D eigenvalue weighted by Crippen LogP contribution is -2.57. The van der Waals surface area contributed by atoms with Crippen LogP contribution in [0.25, 0.3) is 0 Å². The van der Waals surface area contributed by atoms with Crippen molar-refractivity contribution < 1.29 is 4.79 Å². The lowest BCUT2D eigenvalue weighted by molar-refractivity contribution is -0.135. The number of hydrogen-bond acceptors (Lipinski definition) is 4. The van der Waals surface area contributed by atoms with Gasteiger partial charge in [-0.1, -0.05) is 6.92 Å². The fraction of sp³-hybridized carbons (Fsp3) is 0.700. The minimum Gasteiger partial charge on any atom is -0.356 e. The van der Waals surface area contributed by atoms with Crippen LogP contribution in [0.1, 0.15) is 38.2 Å². The van der Waals surface area contributed by atoms with Gasteiger partial charge in [0.25, 0.3) is 0 Å². The van der Waals surface area contributed by atoms with Crippen molar-refractivity contribution in [2.24, 2.45) is 4.99 Å². The first-order chi connectivity index (χ1) is 13.1. The molecular formula is C20H34IN5OS. The summed E-state index contributed by atoms with van der Waals surface area (Å²) in [6.07, 6.45) is 2.30. The Balaban J connectivity index is 0.00000280. The van der Waals surface area contributed by atoms with Gasteiger partial charge in [0.2, 0.25) is 5.91 Å². The second kappa shape index (κ2) is 11.3. The monoisotopic (exact) mass is 519 g/mol. The molecule has 1 aromatic rings. The van der Waals surface area contributed by atoms with E-state index >= 15 is 0 Å². The zero-order valence-corrected chi connectivity index (χ0v) is 20.4. The second-order valence-electron chi connectivity index (χ2n) is 7.62. The van der Waals surface area contributed by atoms with Crippen molar-refractivity contribution in [3.05, 3.63) is 22.4 Å². The molecule has 2 saturated heterocycles. The molecule has 2 atom stereocenters. The summed E-state index contributed by atoms with van der Waals surface area (Å²) in [5.41, 5.74) is 1.38. The first kappa shape index (κ1) is 23.4. The average molecular weight is 519 g/mol. The number of aliphatic imine (C=N–C) groups is 1. The minimum atomic E-state index is -0.0150. The highest BCUT2D eigenvalue weighted by atomic mass is 127. The second-order valence-corrected chi connectivity index (χ2v) is 8.40. The highest BCUT2D eigenvalue weighted by Crippen LogP contribution is 2.17. The van der Waals surface area contributed by atoms with Gasteiger partial charge in [0.15, 0.2) is 5.96 Å². The number of nitrogens with zero attached hydrogens (tertiary/aromatic N) is 4. The Morgan fingerprint density at radius 3 is 2.39 bits per heavy atom. The molecule has 0 bridgehead atoms. The van der Waals surface area contributed by atoms with Gasteiger partial charge in [-0.15, -0.1) is 24.0 Å². The first-order valence-corrected chi connectivity index (χ1v) is 11.0. The predicted molar refractivity (Wildman–Crippen MR) is 128 cm³/mol. The van der Waals surface area contributed by atoms with Crippen LogP contribution in [0.4, 0.5) is 0 Å². The topological polar surface area (TPSA) is 51.2 Å². The normalized spacial score (nSPS) is 20.6. The van der Waals surface area contributed by atoms with Crippen LogP contribution in [0, 0.1) is 0 Å². The number of nitrogens with one attached hydrogen (secondary N) is 1. The molecule has 1 N–H and O–H groups in total. The van der Waals surface area contributed by atoms with Crippen molar-refractivity contribution in [3.63, 3.8) is 0 Å². The van der Waals surface area contributed by atoms with Crippen molar-refractivity contribution in [1.82, 2.24) is 20.0 Å². The first-order valence-electron chi connectivity index (χ1n) is 10.1. The van der Waals surface area contributed by atoms with E-state index in [0.29, 0.717) is 11.8 Å². The molecule has 28 heavy (non-hydrogen) atoms. The maximum Gasteiger partial charge on any atom is 0.239 e. The molecule has 0 aromatic carbocycles. The van der Waals surface area contributed by atoms with E-state index in [-0.39, 0.29) is 30.0 Å². The van der Waals surface area contributed by atoms with Crippen LogP contribution in [0.3, 0.4) is 0 Å². The summed E-state index contributed by atoms with van der Waals surface area (Å²) in [7, 11) is 1.85. The number of rotatable bonds is 5. The third-order valence-corrected chi connectivity index (χ3v) is 6.53. The van der Waals surface area contributed by atoms with Crippen molar-refractivity contribution in [1.29, 1.82) is 0 Å². The lowest BCUT2D eigenvalue weighted by Gasteiger charge is -2.39. The number of thiophene rings is 1. The molecule has 1 amide bonds. The largest absolute Gasteiger partial charge is 0.356 e. The standard InChI is InChI=1S/C20H33N5OS.HI/c1-16(18-6-13-27-15-18)14-22-20(21-3)25-11-9-23(10-12-25)17(2)19(26)24-7-4-5-8-24;/h6,13,15-17H,4-5,7-12,14H2,1-3H3,(H,21,22);1H. The van der Waals surface area contributed by atoms with Crippen LogP contribution < -0.4 is 5.32 Å². The van der Waals surface area contributed by atoms with Gasteiger partial charge < -0.3 is 15.1 Å². The quantitative estimate of drug-likeness (QED) is 0.370. The van der Waals surface area contributed by atoms with Crippen molar-refractivity contribution in [3.8, 4) is 0 Å². The molecule has 0 aliphatic carbocycles. The molecule has 2 aliphatic heterocycles. The molecule has 3 rings (SSSR count). The molecule has 1 aromatic heterocycles. The molecule has 6 nitrogen and oxygen atoms in total.